The minimum atomic E-state index is -0.681. The predicted octanol–water partition coefficient (Wildman–Crippen LogP) is 2.33. The van der Waals surface area contributed by atoms with Crippen LogP contribution < -0.4 is 5.32 Å². The van der Waals surface area contributed by atoms with E-state index in [0.717, 1.165) is 25.8 Å². The van der Waals surface area contributed by atoms with Crippen molar-refractivity contribution in [1.82, 2.24) is 10.2 Å². The van der Waals surface area contributed by atoms with Gasteiger partial charge in [-0.15, -0.1) is 0 Å². The quantitative estimate of drug-likeness (QED) is 0.862. The summed E-state index contributed by atoms with van der Waals surface area (Å²) in [6, 6.07) is -0.00887. The Morgan fingerprint density at radius 2 is 1.90 bits per heavy atom. The Balaban J connectivity index is 2.19. The fourth-order valence-corrected chi connectivity index (χ4v) is 2.99. The number of carbonyl (C=O) groups excluding carboxylic acids is 2. The van der Waals surface area contributed by atoms with Crippen LogP contribution in [0, 0.1) is 11.3 Å². The molecule has 2 unspecified atom stereocenters. The number of amides is 2. The average Bonchev–Trinajstić information content (AvgIpc) is 3.09. The number of nitrogens with one attached hydrogen (secondary N) is 1. The molecule has 4 nitrogen and oxygen atoms in total. The summed E-state index contributed by atoms with van der Waals surface area (Å²) in [4.78, 5) is 26.9. The summed E-state index contributed by atoms with van der Waals surface area (Å²) in [5, 5.41) is 2.99. The van der Waals surface area contributed by atoms with Gasteiger partial charge in [0.15, 0.2) is 0 Å². The van der Waals surface area contributed by atoms with Gasteiger partial charge >= 0.3 is 0 Å². The summed E-state index contributed by atoms with van der Waals surface area (Å²) in [6.07, 6.45) is 3.46. The zero-order valence-electron chi connectivity index (χ0n) is 13.5. The largest absolute Gasteiger partial charge is 0.342 e. The first-order chi connectivity index (χ1) is 9.13. The molecule has 2 fully saturated rings. The maximum atomic E-state index is 12.9. The van der Waals surface area contributed by atoms with Crippen LogP contribution >= 0.6 is 0 Å². The molecule has 2 rings (SSSR count). The molecule has 4 heteroatoms. The van der Waals surface area contributed by atoms with Crippen LogP contribution in [0.4, 0.5) is 0 Å². The molecule has 0 radical (unpaired) electrons. The van der Waals surface area contributed by atoms with E-state index in [2.05, 4.69) is 26.1 Å². The van der Waals surface area contributed by atoms with Crippen molar-refractivity contribution < 1.29 is 9.59 Å². The Labute approximate surface area is 122 Å². The van der Waals surface area contributed by atoms with Crippen molar-refractivity contribution in [2.45, 2.75) is 71.9 Å². The van der Waals surface area contributed by atoms with Crippen molar-refractivity contribution in [2.75, 3.05) is 6.54 Å². The monoisotopic (exact) mass is 280 g/mol. The first-order valence-corrected chi connectivity index (χ1v) is 7.75. The molecule has 0 aromatic heterocycles. The molecule has 1 saturated carbocycles. The van der Waals surface area contributed by atoms with Crippen molar-refractivity contribution in [3.63, 3.8) is 0 Å². The minimum Gasteiger partial charge on any atom is -0.342 e. The fraction of sp³-hybridized carbons (Fsp3) is 0.875. The fourth-order valence-electron chi connectivity index (χ4n) is 2.99. The van der Waals surface area contributed by atoms with Gasteiger partial charge in [-0.05, 0) is 44.4 Å². The lowest BCUT2D eigenvalue weighted by Crippen LogP contribution is -2.57. The van der Waals surface area contributed by atoms with E-state index in [0.29, 0.717) is 12.3 Å². The number of hydrogen-bond donors (Lipinski definition) is 1. The molecule has 1 aliphatic carbocycles. The molecule has 1 saturated heterocycles. The molecule has 114 valence electrons. The van der Waals surface area contributed by atoms with Crippen molar-refractivity contribution >= 4 is 11.8 Å². The van der Waals surface area contributed by atoms with E-state index in [4.69, 9.17) is 0 Å². The second-order valence-electron chi connectivity index (χ2n) is 7.89. The lowest BCUT2D eigenvalue weighted by atomic mass is 9.90. The lowest BCUT2D eigenvalue weighted by molar-refractivity contribution is -0.140. The maximum Gasteiger partial charge on any atom is 0.248 e. The van der Waals surface area contributed by atoms with Crippen molar-refractivity contribution in [1.29, 1.82) is 0 Å². The number of carbonyl (C=O) groups is 2. The topological polar surface area (TPSA) is 49.4 Å². The van der Waals surface area contributed by atoms with Crippen LogP contribution in [0.5, 0.6) is 0 Å². The highest BCUT2D eigenvalue weighted by atomic mass is 16.2. The number of hydrogen-bond acceptors (Lipinski definition) is 2. The van der Waals surface area contributed by atoms with E-state index in [9.17, 15) is 9.59 Å². The van der Waals surface area contributed by atoms with E-state index in [1.165, 1.54) is 0 Å². The molecular weight excluding hydrogens is 252 g/mol. The molecular formula is C16H28N2O2. The summed E-state index contributed by atoms with van der Waals surface area (Å²) in [5.41, 5.74) is -0.487. The summed E-state index contributed by atoms with van der Waals surface area (Å²) in [5.74, 6) is 0.447. The van der Waals surface area contributed by atoms with Crippen LogP contribution in [0.1, 0.15) is 60.3 Å². The highest BCUT2D eigenvalue weighted by molar-refractivity contribution is 5.94. The van der Waals surface area contributed by atoms with E-state index < -0.39 is 5.54 Å². The van der Waals surface area contributed by atoms with E-state index in [1.54, 1.807) is 0 Å². The normalized spacial score (nSPS) is 32.0. The summed E-state index contributed by atoms with van der Waals surface area (Å²) in [7, 11) is 0. The number of nitrogens with zero attached hydrogens (tertiary/aromatic N) is 1. The third-order valence-electron chi connectivity index (χ3n) is 4.61. The third kappa shape index (κ3) is 3.15. The van der Waals surface area contributed by atoms with Crippen LogP contribution in [-0.2, 0) is 9.59 Å². The Kier molecular flexibility index (Phi) is 3.87. The summed E-state index contributed by atoms with van der Waals surface area (Å²) in [6.45, 7) is 11.2. The summed E-state index contributed by atoms with van der Waals surface area (Å²) < 4.78 is 0. The molecule has 1 heterocycles. The molecule has 2 amide bonds. The zero-order chi connectivity index (χ0) is 15.1. The van der Waals surface area contributed by atoms with E-state index in [-0.39, 0.29) is 23.3 Å². The first-order valence-electron chi connectivity index (χ1n) is 7.75. The van der Waals surface area contributed by atoms with Gasteiger partial charge in [-0.3, -0.25) is 9.59 Å². The molecule has 0 spiro atoms. The van der Waals surface area contributed by atoms with Gasteiger partial charge in [0.05, 0.1) is 0 Å². The smallest absolute Gasteiger partial charge is 0.248 e. The van der Waals surface area contributed by atoms with Crippen LogP contribution in [0.15, 0.2) is 0 Å². The van der Waals surface area contributed by atoms with Crippen molar-refractivity contribution in [3.05, 3.63) is 0 Å². The molecule has 2 aliphatic rings. The van der Waals surface area contributed by atoms with Gasteiger partial charge in [-0.1, -0.05) is 20.8 Å². The van der Waals surface area contributed by atoms with Crippen LogP contribution in [-0.4, -0.2) is 34.8 Å². The average molecular weight is 280 g/mol. The molecule has 0 bridgehead atoms. The van der Waals surface area contributed by atoms with Gasteiger partial charge < -0.3 is 10.2 Å². The predicted molar refractivity (Wildman–Crippen MR) is 79.1 cm³/mol. The van der Waals surface area contributed by atoms with Gasteiger partial charge in [0.25, 0.3) is 0 Å². The minimum absolute atomic E-state index is 0.00887. The lowest BCUT2D eigenvalue weighted by Gasteiger charge is -2.36. The van der Waals surface area contributed by atoms with Gasteiger partial charge in [0, 0.05) is 19.0 Å². The molecule has 0 aromatic carbocycles. The van der Waals surface area contributed by atoms with Gasteiger partial charge in [0.1, 0.15) is 5.54 Å². The van der Waals surface area contributed by atoms with Gasteiger partial charge in [-0.2, -0.15) is 0 Å². The standard InChI is InChI=1S/C16H28N2O2/c1-11-10-13(19)17-16(5,12-6-7-12)14(20)18(11)9-8-15(2,3)4/h11-12H,6-10H2,1-5H3,(H,17,19). The molecule has 2 atom stereocenters. The molecule has 1 aliphatic heterocycles. The first kappa shape index (κ1) is 15.3. The Morgan fingerprint density at radius 3 is 2.40 bits per heavy atom. The summed E-state index contributed by atoms with van der Waals surface area (Å²) >= 11 is 0. The van der Waals surface area contributed by atoms with Crippen molar-refractivity contribution in [3.8, 4) is 0 Å². The van der Waals surface area contributed by atoms with E-state index >= 15 is 0 Å². The van der Waals surface area contributed by atoms with Gasteiger partial charge in [0.2, 0.25) is 11.8 Å². The van der Waals surface area contributed by atoms with E-state index in [1.807, 2.05) is 18.7 Å². The van der Waals surface area contributed by atoms with Crippen LogP contribution in [0.3, 0.4) is 0 Å². The number of rotatable bonds is 3. The molecule has 1 N–H and O–H groups in total. The molecule has 20 heavy (non-hydrogen) atoms. The Bertz CT molecular complexity index is 409. The van der Waals surface area contributed by atoms with Crippen LogP contribution in [0.2, 0.25) is 0 Å². The van der Waals surface area contributed by atoms with Gasteiger partial charge in [-0.25, -0.2) is 0 Å². The van der Waals surface area contributed by atoms with Crippen LogP contribution in [0.25, 0.3) is 0 Å². The highest BCUT2D eigenvalue weighted by Gasteiger charge is 2.52. The third-order valence-corrected chi connectivity index (χ3v) is 4.61. The second-order valence-corrected chi connectivity index (χ2v) is 7.89. The second kappa shape index (κ2) is 5.05. The SMILES string of the molecule is CC1CC(=O)NC(C)(C2CC2)C(=O)N1CCC(C)(C)C. The molecule has 0 aromatic rings. The maximum absolute atomic E-state index is 12.9. The highest BCUT2D eigenvalue weighted by Crippen LogP contribution is 2.42. The van der Waals surface area contributed by atoms with Crippen molar-refractivity contribution in [2.24, 2.45) is 11.3 Å². The zero-order valence-corrected chi connectivity index (χ0v) is 13.5. The Hall–Kier alpha value is -1.06. The Morgan fingerprint density at radius 1 is 1.30 bits per heavy atom.